The number of aromatic hydroxyl groups is 3. The number of aromatic nitrogens is 3. The van der Waals surface area contributed by atoms with E-state index >= 15 is 0 Å². The summed E-state index contributed by atoms with van der Waals surface area (Å²) in [5.74, 6) is 0.540. The number of aryl methyl sites for hydroxylation is 3. The van der Waals surface area contributed by atoms with E-state index in [2.05, 4.69) is 0 Å². The predicted molar refractivity (Wildman–Crippen MR) is 192 cm³/mol. The quantitative estimate of drug-likeness (QED) is 0.185. The number of hydrogen-bond acceptors (Lipinski definition) is 6. The van der Waals surface area contributed by atoms with Crippen molar-refractivity contribution < 1.29 is 15.3 Å². The Labute approximate surface area is 282 Å². The van der Waals surface area contributed by atoms with Gasteiger partial charge in [-0.2, -0.15) is 0 Å². The zero-order valence-corrected chi connectivity index (χ0v) is 30.5. The summed E-state index contributed by atoms with van der Waals surface area (Å²) in [6.45, 7) is 22.4. The molecule has 0 spiro atoms. The van der Waals surface area contributed by atoms with Crippen LogP contribution in [0, 0.1) is 41.5 Å². The molecule has 3 aromatic carbocycles. The van der Waals surface area contributed by atoms with Crippen LogP contribution in [0.5, 0.6) is 17.2 Å². The fourth-order valence-corrected chi connectivity index (χ4v) is 6.74. The molecule has 0 aliphatic rings. The van der Waals surface area contributed by atoms with Gasteiger partial charge in [-0.05, 0) is 126 Å². The Morgan fingerprint density at radius 1 is 0.458 bits per heavy atom. The van der Waals surface area contributed by atoms with Gasteiger partial charge in [-0.3, -0.25) is 0 Å². The van der Waals surface area contributed by atoms with Crippen molar-refractivity contribution >= 4 is 0 Å². The zero-order chi connectivity index (χ0) is 36.1. The van der Waals surface area contributed by atoms with Crippen LogP contribution in [0.1, 0.15) is 126 Å². The topological polar surface area (TPSA) is 127 Å². The third-order valence-electron chi connectivity index (χ3n) is 9.99. The van der Waals surface area contributed by atoms with E-state index in [1.807, 2.05) is 80.5 Å². The van der Waals surface area contributed by atoms with Crippen LogP contribution >= 0.6 is 0 Å². The Kier molecular flexibility index (Phi) is 10.2. The van der Waals surface area contributed by atoms with Gasteiger partial charge in [0.1, 0.15) is 17.2 Å². The van der Waals surface area contributed by atoms with Crippen LogP contribution in [0.2, 0.25) is 0 Å². The second-order valence-electron chi connectivity index (χ2n) is 14.3. The molecule has 0 amide bonds. The molecule has 9 nitrogen and oxygen atoms in total. The van der Waals surface area contributed by atoms with E-state index in [1.54, 1.807) is 20.8 Å². The second kappa shape index (κ2) is 13.5. The molecule has 0 saturated heterocycles. The van der Waals surface area contributed by atoms with Gasteiger partial charge in [0, 0.05) is 0 Å². The van der Waals surface area contributed by atoms with Crippen LogP contribution in [0.25, 0.3) is 0 Å². The molecular weight excluding hydrogens is 606 g/mol. The molecule has 48 heavy (non-hydrogen) atoms. The Balaban J connectivity index is 2.03. The summed E-state index contributed by atoms with van der Waals surface area (Å²) in [5.41, 5.74) is 5.94. The van der Waals surface area contributed by atoms with Crippen LogP contribution in [0.4, 0.5) is 0 Å². The molecule has 1 aromatic heterocycles. The highest BCUT2D eigenvalue weighted by Gasteiger charge is 2.24. The minimum Gasteiger partial charge on any atom is -0.507 e. The summed E-state index contributed by atoms with van der Waals surface area (Å²) in [5, 5.41) is 33.2. The van der Waals surface area contributed by atoms with Crippen LogP contribution in [-0.2, 0) is 19.6 Å². The zero-order valence-electron chi connectivity index (χ0n) is 30.5. The first kappa shape index (κ1) is 36.3. The minimum absolute atomic E-state index is 0.0632. The standard InChI is InChI=1S/C39H51N3O6/c1-19(2)28-13-22(7)31(25(10)34(28)43)16-40-37(46)41(17-32-23(8)14-29(20(3)4)35(44)26(32)11)39(48)42(38(40)47)18-33-24(9)15-30(21(5)6)36(45)27(33)12/h13-15,19-21,43-45H,16-18H2,1-12H3. The second-order valence-corrected chi connectivity index (χ2v) is 14.3. The van der Waals surface area contributed by atoms with Crippen LogP contribution in [0.15, 0.2) is 32.6 Å². The highest BCUT2D eigenvalue weighted by Crippen LogP contribution is 2.35. The third kappa shape index (κ3) is 6.34. The fourth-order valence-electron chi connectivity index (χ4n) is 6.74. The van der Waals surface area contributed by atoms with Crippen molar-refractivity contribution in [2.75, 3.05) is 0 Å². The van der Waals surface area contributed by atoms with Gasteiger partial charge in [0.05, 0.1) is 19.6 Å². The number of hydrogen-bond donors (Lipinski definition) is 3. The van der Waals surface area contributed by atoms with Crippen molar-refractivity contribution in [3.8, 4) is 17.2 Å². The molecule has 0 radical (unpaired) electrons. The van der Waals surface area contributed by atoms with E-state index in [0.717, 1.165) is 47.1 Å². The summed E-state index contributed by atoms with van der Waals surface area (Å²) >= 11 is 0. The number of rotatable bonds is 9. The molecular formula is C39H51N3O6. The molecule has 4 rings (SSSR count). The van der Waals surface area contributed by atoms with Gasteiger partial charge in [0.15, 0.2) is 0 Å². The molecule has 3 N–H and O–H groups in total. The molecule has 258 valence electrons. The maximum atomic E-state index is 14.2. The average molecular weight is 658 g/mol. The van der Waals surface area contributed by atoms with Gasteiger partial charge >= 0.3 is 17.1 Å². The molecule has 0 bridgehead atoms. The maximum Gasteiger partial charge on any atom is 0.336 e. The maximum absolute atomic E-state index is 14.2. The molecule has 0 aliphatic carbocycles. The largest absolute Gasteiger partial charge is 0.507 e. The van der Waals surface area contributed by atoms with Crippen molar-refractivity contribution in [3.05, 3.63) is 116 Å². The third-order valence-corrected chi connectivity index (χ3v) is 9.99. The minimum atomic E-state index is -0.787. The normalized spacial score (nSPS) is 11.8. The van der Waals surface area contributed by atoms with Gasteiger partial charge in [-0.1, -0.05) is 59.7 Å². The van der Waals surface area contributed by atoms with Crippen molar-refractivity contribution in [2.45, 2.75) is 120 Å². The van der Waals surface area contributed by atoms with Crippen molar-refractivity contribution in [3.63, 3.8) is 0 Å². The lowest BCUT2D eigenvalue weighted by Crippen LogP contribution is -2.55. The highest BCUT2D eigenvalue weighted by atomic mass is 16.3. The lowest BCUT2D eigenvalue weighted by Gasteiger charge is -2.22. The van der Waals surface area contributed by atoms with Crippen molar-refractivity contribution in [2.24, 2.45) is 0 Å². The van der Waals surface area contributed by atoms with Gasteiger partial charge in [-0.15, -0.1) is 0 Å². The summed E-state index contributed by atoms with van der Waals surface area (Å²) in [6.07, 6.45) is 0. The SMILES string of the molecule is Cc1cc(C(C)C)c(O)c(C)c1Cn1c(=O)n(Cc2c(C)cc(C(C)C)c(O)c2C)c(=O)n(Cc2c(C)cc(C(C)C)c(O)c2C)c1=O. The van der Waals surface area contributed by atoms with Crippen LogP contribution in [0.3, 0.4) is 0 Å². The lowest BCUT2D eigenvalue weighted by molar-refractivity contribution is 0.453. The predicted octanol–water partition coefficient (Wildman–Crippen LogP) is 6.65. The van der Waals surface area contributed by atoms with Gasteiger partial charge < -0.3 is 15.3 Å². The Morgan fingerprint density at radius 2 is 0.667 bits per heavy atom. The molecule has 9 heteroatoms. The van der Waals surface area contributed by atoms with E-state index in [4.69, 9.17) is 0 Å². The van der Waals surface area contributed by atoms with E-state index in [-0.39, 0.29) is 54.6 Å². The first-order valence-electron chi connectivity index (χ1n) is 16.7. The van der Waals surface area contributed by atoms with E-state index in [1.165, 1.54) is 0 Å². The lowest BCUT2D eigenvalue weighted by atomic mass is 9.92. The van der Waals surface area contributed by atoms with Gasteiger partial charge in [-0.25, -0.2) is 28.1 Å². The highest BCUT2D eigenvalue weighted by molar-refractivity contribution is 5.52. The van der Waals surface area contributed by atoms with Gasteiger partial charge in [0.2, 0.25) is 0 Å². The van der Waals surface area contributed by atoms with Crippen LogP contribution in [-0.4, -0.2) is 29.0 Å². The van der Waals surface area contributed by atoms with Crippen LogP contribution < -0.4 is 17.1 Å². The summed E-state index contributed by atoms with van der Waals surface area (Å²) < 4.78 is 3.14. The Bertz CT molecular complexity index is 1830. The van der Waals surface area contributed by atoms with Crippen molar-refractivity contribution in [1.29, 1.82) is 0 Å². The van der Waals surface area contributed by atoms with E-state index < -0.39 is 17.1 Å². The summed E-state index contributed by atoms with van der Waals surface area (Å²) in [4.78, 5) is 42.7. The number of phenolic OH excluding ortho intramolecular Hbond substituents is 3. The first-order chi connectivity index (χ1) is 22.3. The molecule has 0 unspecified atom stereocenters. The molecule has 0 saturated carbocycles. The number of phenols is 3. The summed E-state index contributed by atoms with van der Waals surface area (Å²) in [7, 11) is 0. The number of benzene rings is 3. The molecule has 0 fully saturated rings. The Morgan fingerprint density at radius 3 is 0.854 bits per heavy atom. The molecule has 1 heterocycles. The van der Waals surface area contributed by atoms with E-state index in [0.29, 0.717) is 33.4 Å². The molecule has 0 aliphatic heterocycles. The average Bonchev–Trinajstić information content (AvgIpc) is 3.00. The fraction of sp³-hybridized carbons (Fsp3) is 0.462. The summed E-state index contributed by atoms with van der Waals surface area (Å²) in [6, 6.07) is 5.62. The van der Waals surface area contributed by atoms with Gasteiger partial charge in [0.25, 0.3) is 0 Å². The first-order valence-corrected chi connectivity index (χ1v) is 16.7. The van der Waals surface area contributed by atoms with Crippen molar-refractivity contribution in [1.82, 2.24) is 13.7 Å². The Hall–Kier alpha value is -4.53. The smallest absolute Gasteiger partial charge is 0.336 e. The molecule has 4 aromatic rings. The molecule has 0 atom stereocenters. The van der Waals surface area contributed by atoms with E-state index in [9.17, 15) is 29.7 Å². The monoisotopic (exact) mass is 657 g/mol. The number of nitrogens with zero attached hydrogens (tertiary/aromatic N) is 3.